The standard InChI is InChI=1S/C20H23N5OS/c1-24-19-8-4-7-15(19)18(21-24)12-25(14-5-2-3-6-14)20(26)13-9-10-16-17(11-13)23-27-22-16/h9-11,14H,2-8,12H2,1H3. The number of aryl methyl sites for hydroxylation is 1. The number of nitrogens with zero attached hydrogens (tertiary/aromatic N) is 5. The van der Waals surface area contributed by atoms with Crippen LogP contribution in [0.1, 0.15) is 59.4 Å². The molecular formula is C20H23N5OS. The molecule has 27 heavy (non-hydrogen) atoms. The highest BCUT2D eigenvalue weighted by molar-refractivity contribution is 7.00. The van der Waals surface area contributed by atoms with Crippen LogP contribution >= 0.6 is 11.7 Å². The number of hydrogen-bond donors (Lipinski definition) is 0. The Bertz CT molecular complexity index is 1000. The minimum Gasteiger partial charge on any atom is -0.330 e. The van der Waals surface area contributed by atoms with E-state index in [4.69, 9.17) is 5.10 Å². The SMILES string of the molecule is Cn1nc(CN(C(=O)c2ccc3nsnc3c2)C2CCCC2)c2c1CCC2. The summed E-state index contributed by atoms with van der Waals surface area (Å²) in [5.74, 6) is 0.0919. The lowest BCUT2D eigenvalue weighted by atomic mass is 10.1. The van der Waals surface area contributed by atoms with E-state index in [9.17, 15) is 4.79 Å². The van der Waals surface area contributed by atoms with Crippen LogP contribution in [-0.2, 0) is 26.4 Å². The summed E-state index contributed by atoms with van der Waals surface area (Å²) in [7, 11) is 2.03. The van der Waals surface area contributed by atoms with Crippen LogP contribution in [0.15, 0.2) is 18.2 Å². The summed E-state index contributed by atoms with van der Waals surface area (Å²) in [6, 6.07) is 5.97. The zero-order valence-electron chi connectivity index (χ0n) is 15.5. The van der Waals surface area contributed by atoms with Crippen LogP contribution < -0.4 is 0 Å². The molecule has 0 N–H and O–H groups in total. The molecule has 0 spiro atoms. The first-order valence-corrected chi connectivity index (χ1v) is 10.5. The highest BCUT2D eigenvalue weighted by Crippen LogP contribution is 2.30. The van der Waals surface area contributed by atoms with Gasteiger partial charge in [-0.3, -0.25) is 9.48 Å². The zero-order valence-corrected chi connectivity index (χ0v) is 16.3. The number of aromatic nitrogens is 4. The summed E-state index contributed by atoms with van der Waals surface area (Å²) in [5.41, 5.74) is 6.16. The normalized spacial score (nSPS) is 16.9. The molecule has 1 fully saturated rings. The van der Waals surface area contributed by atoms with E-state index in [1.165, 1.54) is 42.2 Å². The maximum Gasteiger partial charge on any atom is 0.254 e. The molecule has 1 saturated carbocycles. The number of rotatable bonds is 4. The summed E-state index contributed by atoms with van der Waals surface area (Å²) in [4.78, 5) is 15.5. The third kappa shape index (κ3) is 2.94. The van der Waals surface area contributed by atoms with Gasteiger partial charge in [0.2, 0.25) is 0 Å². The van der Waals surface area contributed by atoms with Gasteiger partial charge in [0, 0.05) is 24.3 Å². The maximum absolute atomic E-state index is 13.5. The summed E-state index contributed by atoms with van der Waals surface area (Å²) in [6.07, 6.45) is 7.94. The van der Waals surface area contributed by atoms with E-state index < -0.39 is 0 Å². The van der Waals surface area contributed by atoms with Crippen molar-refractivity contribution in [3.05, 3.63) is 40.7 Å². The number of fused-ring (bicyclic) bond motifs is 2. The molecule has 1 aromatic carbocycles. The van der Waals surface area contributed by atoms with E-state index in [0.29, 0.717) is 18.2 Å². The molecule has 7 heteroatoms. The van der Waals surface area contributed by atoms with Gasteiger partial charge in [-0.1, -0.05) is 12.8 Å². The van der Waals surface area contributed by atoms with Crippen molar-refractivity contribution in [2.45, 2.75) is 57.5 Å². The van der Waals surface area contributed by atoms with Gasteiger partial charge in [0.1, 0.15) is 11.0 Å². The van der Waals surface area contributed by atoms with Crippen molar-refractivity contribution in [2.75, 3.05) is 0 Å². The van der Waals surface area contributed by atoms with Gasteiger partial charge >= 0.3 is 0 Å². The Hall–Kier alpha value is -2.28. The molecule has 0 bridgehead atoms. The lowest BCUT2D eigenvalue weighted by molar-refractivity contribution is 0.0661. The van der Waals surface area contributed by atoms with Gasteiger partial charge < -0.3 is 4.90 Å². The van der Waals surface area contributed by atoms with Crippen molar-refractivity contribution in [2.24, 2.45) is 7.05 Å². The van der Waals surface area contributed by atoms with Gasteiger partial charge in [0.15, 0.2) is 0 Å². The quantitative estimate of drug-likeness (QED) is 0.694. The second-order valence-electron chi connectivity index (χ2n) is 7.69. The number of carbonyl (C=O) groups is 1. The third-order valence-electron chi connectivity index (χ3n) is 6.05. The lowest BCUT2D eigenvalue weighted by Crippen LogP contribution is -2.38. The first-order valence-electron chi connectivity index (χ1n) is 9.77. The van der Waals surface area contributed by atoms with Gasteiger partial charge in [-0.25, -0.2) is 0 Å². The molecule has 140 valence electrons. The molecule has 0 radical (unpaired) electrons. The maximum atomic E-state index is 13.5. The van der Waals surface area contributed by atoms with E-state index in [1.54, 1.807) is 0 Å². The van der Waals surface area contributed by atoms with E-state index >= 15 is 0 Å². The Morgan fingerprint density at radius 1 is 1.19 bits per heavy atom. The van der Waals surface area contributed by atoms with E-state index in [2.05, 4.69) is 13.6 Å². The molecule has 1 amide bonds. The van der Waals surface area contributed by atoms with Crippen molar-refractivity contribution in [3.8, 4) is 0 Å². The second-order valence-corrected chi connectivity index (χ2v) is 8.22. The number of amides is 1. The zero-order chi connectivity index (χ0) is 18.4. The molecule has 6 nitrogen and oxygen atoms in total. The Kier molecular flexibility index (Phi) is 4.19. The van der Waals surface area contributed by atoms with E-state index in [-0.39, 0.29) is 5.91 Å². The van der Waals surface area contributed by atoms with Crippen LogP contribution in [0, 0.1) is 0 Å². The Balaban J connectivity index is 1.49. The highest BCUT2D eigenvalue weighted by atomic mass is 32.1. The Labute approximate surface area is 162 Å². The fourth-order valence-electron chi connectivity index (χ4n) is 4.65. The van der Waals surface area contributed by atoms with Crippen LogP contribution in [0.2, 0.25) is 0 Å². The smallest absolute Gasteiger partial charge is 0.254 e. The van der Waals surface area contributed by atoms with Crippen molar-refractivity contribution in [1.82, 2.24) is 23.4 Å². The summed E-state index contributed by atoms with van der Waals surface area (Å²) in [5, 5.41) is 4.76. The number of hydrogen-bond acceptors (Lipinski definition) is 5. The number of benzene rings is 1. The van der Waals surface area contributed by atoms with Crippen molar-refractivity contribution >= 4 is 28.7 Å². The molecule has 5 rings (SSSR count). The monoisotopic (exact) mass is 381 g/mol. The van der Waals surface area contributed by atoms with Crippen molar-refractivity contribution in [1.29, 1.82) is 0 Å². The fraction of sp³-hybridized carbons (Fsp3) is 0.500. The van der Waals surface area contributed by atoms with Crippen LogP contribution in [0.4, 0.5) is 0 Å². The summed E-state index contributed by atoms with van der Waals surface area (Å²) >= 11 is 1.19. The van der Waals surface area contributed by atoms with Gasteiger partial charge in [0.05, 0.1) is 24.0 Å². The van der Waals surface area contributed by atoms with Crippen LogP contribution in [0.3, 0.4) is 0 Å². The highest BCUT2D eigenvalue weighted by Gasteiger charge is 2.30. The molecule has 2 aromatic heterocycles. The second kappa shape index (κ2) is 6.71. The molecule has 3 aromatic rings. The molecular weight excluding hydrogens is 358 g/mol. The lowest BCUT2D eigenvalue weighted by Gasteiger charge is -2.29. The average molecular weight is 382 g/mol. The van der Waals surface area contributed by atoms with Gasteiger partial charge in [-0.05, 0) is 55.9 Å². The summed E-state index contributed by atoms with van der Waals surface area (Å²) in [6.45, 7) is 0.611. The Morgan fingerprint density at radius 2 is 2.00 bits per heavy atom. The van der Waals surface area contributed by atoms with E-state index in [0.717, 1.165) is 42.4 Å². The molecule has 0 atom stereocenters. The molecule has 2 heterocycles. The molecule has 2 aliphatic carbocycles. The molecule has 0 unspecified atom stereocenters. The topological polar surface area (TPSA) is 63.9 Å². The predicted octanol–water partition coefficient (Wildman–Crippen LogP) is 3.50. The van der Waals surface area contributed by atoms with Gasteiger partial charge in [-0.2, -0.15) is 13.8 Å². The molecule has 0 aliphatic heterocycles. The van der Waals surface area contributed by atoms with Crippen LogP contribution in [0.5, 0.6) is 0 Å². The predicted molar refractivity (Wildman–Crippen MR) is 105 cm³/mol. The van der Waals surface area contributed by atoms with E-state index in [1.807, 2.05) is 29.9 Å². The minimum absolute atomic E-state index is 0.0919. The fourth-order valence-corrected chi connectivity index (χ4v) is 5.17. The molecule has 0 saturated heterocycles. The van der Waals surface area contributed by atoms with Crippen LogP contribution in [0.25, 0.3) is 11.0 Å². The van der Waals surface area contributed by atoms with Crippen molar-refractivity contribution in [3.63, 3.8) is 0 Å². The summed E-state index contributed by atoms with van der Waals surface area (Å²) < 4.78 is 10.6. The first-order chi connectivity index (χ1) is 13.2. The number of carbonyl (C=O) groups excluding carboxylic acids is 1. The third-order valence-corrected chi connectivity index (χ3v) is 6.60. The Morgan fingerprint density at radius 3 is 2.85 bits per heavy atom. The largest absolute Gasteiger partial charge is 0.330 e. The average Bonchev–Trinajstić information content (AvgIpc) is 3.45. The first kappa shape index (κ1) is 16.9. The van der Waals surface area contributed by atoms with Crippen LogP contribution in [-0.4, -0.2) is 35.4 Å². The molecule has 2 aliphatic rings. The minimum atomic E-state index is 0.0919. The van der Waals surface area contributed by atoms with Gasteiger partial charge in [0.25, 0.3) is 5.91 Å². The van der Waals surface area contributed by atoms with Gasteiger partial charge in [-0.15, -0.1) is 0 Å². The van der Waals surface area contributed by atoms with Crippen molar-refractivity contribution < 1.29 is 4.79 Å².